The Morgan fingerprint density at radius 3 is 3.25 bits per heavy atom. The van der Waals surface area contributed by atoms with Gasteiger partial charge in [-0.15, -0.1) is 0 Å². The predicted octanol–water partition coefficient (Wildman–Crippen LogP) is 0.609. The Morgan fingerprint density at radius 2 is 2.67 bits per heavy atom. The largest absolute Gasteiger partial charge is 0.364 e. The van der Waals surface area contributed by atoms with E-state index < -0.39 is 0 Å². The third-order valence-corrected chi connectivity index (χ3v) is 2.07. The Hall–Kier alpha value is -1.16. The molecule has 0 unspecified atom stereocenters. The second kappa shape index (κ2) is 3.06. The van der Waals surface area contributed by atoms with Crippen LogP contribution in [0.15, 0.2) is 16.9 Å². The molecule has 0 saturated carbocycles. The molecule has 1 aromatic rings. The van der Waals surface area contributed by atoms with Gasteiger partial charge in [0, 0.05) is 6.07 Å². The van der Waals surface area contributed by atoms with Gasteiger partial charge in [0.15, 0.2) is 5.69 Å². The third-order valence-electron chi connectivity index (χ3n) is 2.07. The number of nitrogens with one attached hydrogen (secondary N) is 1. The summed E-state index contributed by atoms with van der Waals surface area (Å²) >= 11 is 0. The first-order valence-corrected chi connectivity index (χ1v) is 4.06. The van der Waals surface area contributed by atoms with Crippen LogP contribution in [0.5, 0.6) is 0 Å². The summed E-state index contributed by atoms with van der Waals surface area (Å²) in [4.78, 5) is 11.5. The van der Waals surface area contributed by atoms with Crippen molar-refractivity contribution in [1.29, 1.82) is 0 Å². The topological polar surface area (TPSA) is 55.1 Å². The van der Waals surface area contributed by atoms with Crippen molar-refractivity contribution in [3.8, 4) is 0 Å². The zero-order chi connectivity index (χ0) is 8.39. The molecule has 1 atom stereocenters. The summed E-state index contributed by atoms with van der Waals surface area (Å²) in [6.07, 6.45) is 3.39. The van der Waals surface area contributed by atoms with E-state index in [-0.39, 0.29) is 11.8 Å². The van der Waals surface area contributed by atoms with Crippen LogP contribution >= 0.6 is 0 Å². The van der Waals surface area contributed by atoms with Crippen LogP contribution in [0, 0.1) is 0 Å². The first-order valence-electron chi connectivity index (χ1n) is 4.06. The molecule has 0 aliphatic carbocycles. The SMILES string of the molecule is O=C(c1ccon1)[C@@H]1CCCN1. The van der Waals surface area contributed by atoms with Crippen LogP contribution in [-0.2, 0) is 0 Å². The molecule has 0 radical (unpaired) electrons. The minimum Gasteiger partial charge on any atom is -0.364 e. The number of nitrogens with zero attached hydrogens (tertiary/aromatic N) is 1. The summed E-state index contributed by atoms with van der Waals surface area (Å²) in [7, 11) is 0. The van der Waals surface area contributed by atoms with E-state index in [1.165, 1.54) is 6.26 Å². The first-order chi connectivity index (χ1) is 5.88. The minimum absolute atomic E-state index is 0.0428. The van der Waals surface area contributed by atoms with E-state index in [0.717, 1.165) is 19.4 Å². The highest BCUT2D eigenvalue weighted by Gasteiger charge is 2.24. The van der Waals surface area contributed by atoms with Crippen LogP contribution in [-0.4, -0.2) is 23.5 Å². The molecular weight excluding hydrogens is 156 g/mol. The van der Waals surface area contributed by atoms with Crippen molar-refractivity contribution in [3.63, 3.8) is 0 Å². The average molecular weight is 166 g/mol. The van der Waals surface area contributed by atoms with E-state index >= 15 is 0 Å². The van der Waals surface area contributed by atoms with Gasteiger partial charge in [-0.2, -0.15) is 0 Å². The highest BCUT2D eigenvalue weighted by molar-refractivity contribution is 5.98. The molecule has 4 nitrogen and oxygen atoms in total. The molecule has 4 heteroatoms. The van der Waals surface area contributed by atoms with Gasteiger partial charge in [0.25, 0.3) is 0 Å². The summed E-state index contributed by atoms with van der Waals surface area (Å²) < 4.78 is 4.60. The Morgan fingerprint density at radius 1 is 1.75 bits per heavy atom. The molecule has 1 aromatic heterocycles. The van der Waals surface area contributed by atoms with Crippen molar-refractivity contribution < 1.29 is 9.32 Å². The Kier molecular flexibility index (Phi) is 1.91. The smallest absolute Gasteiger partial charge is 0.201 e. The lowest BCUT2D eigenvalue weighted by Gasteiger charge is -2.04. The Bertz CT molecular complexity index is 263. The van der Waals surface area contributed by atoms with E-state index in [9.17, 15) is 4.79 Å². The minimum atomic E-state index is -0.0462. The molecule has 1 aliphatic heterocycles. The van der Waals surface area contributed by atoms with Crippen molar-refractivity contribution in [2.75, 3.05) is 6.54 Å². The highest BCUT2D eigenvalue weighted by Crippen LogP contribution is 2.10. The second-order valence-corrected chi connectivity index (χ2v) is 2.90. The van der Waals surface area contributed by atoms with E-state index in [2.05, 4.69) is 15.0 Å². The lowest BCUT2D eigenvalue weighted by atomic mass is 10.1. The Balaban J connectivity index is 2.09. The average Bonchev–Trinajstić information content (AvgIpc) is 2.77. The number of aromatic nitrogens is 1. The molecule has 2 rings (SSSR count). The van der Waals surface area contributed by atoms with Gasteiger partial charge in [-0.1, -0.05) is 5.16 Å². The van der Waals surface area contributed by atoms with E-state index in [1.807, 2.05) is 0 Å². The predicted molar refractivity (Wildman–Crippen MR) is 41.9 cm³/mol. The van der Waals surface area contributed by atoms with Gasteiger partial charge in [-0.3, -0.25) is 4.79 Å². The van der Waals surface area contributed by atoms with Gasteiger partial charge in [-0.05, 0) is 19.4 Å². The van der Waals surface area contributed by atoms with Gasteiger partial charge < -0.3 is 9.84 Å². The fraction of sp³-hybridized carbons (Fsp3) is 0.500. The van der Waals surface area contributed by atoms with Crippen molar-refractivity contribution in [2.24, 2.45) is 0 Å². The van der Waals surface area contributed by atoms with Crippen LogP contribution in [0.25, 0.3) is 0 Å². The van der Waals surface area contributed by atoms with Gasteiger partial charge in [0.1, 0.15) is 6.26 Å². The summed E-state index contributed by atoms with van der Waals surface area (Å²) in [5.41, 5.74) is 0.425. The molecule has 64 valence electrons. The maximum absolute atomic E-state index is 11.5. The summed E-state index contributed by atoms with van der Waals surface area (Å²) in [6.45, 7) is 0.925. The molecule has 12 heavy (non-hydrogen) atoms. The number of rotatable bonds is 2. The van der Waals surface area contributed by atoms with Crippen molar-refractivity contribution in [2.45, 2.75) is 18.9 Å². The molecule has 1 fully saturated rings. The number of ketones is 1. The standard InChI is InChI=1S/C8H10N2O2/c11-8(6-2-1-4-9-6)7-3-5-12-10-7/h3,5-6,9H,1-2,4H2/t6-/m0/s1. The second-order valence-electron chi connectivity index (χ2n) is 2.90. The van der Waals surface area contributed by atoms with Crippen molar-refractivity contribution in [1.82, 2.24) is 10.5 Å². The summed E-state index contributed by atoms with van der Waals surface area (Å²) in [5.74, 6) is 0.0428. The molecule has 0 amide bonds. The van der Waals surface area contributed by atoms with Gasteiger partial charge in [0.2, 0.25) is 5.78 Å². The summed E-state index contributed by atoms with van der Waals surface area (Å²) in [6, 6.07) is 1.55. The fourth-order valence-corrected chi connectivity index (χ4v) is 1.43. The van der Waals surface area contributed by atoms with Crippen LogP contribution in [0.3, 0.4) is 0 Å². The maximum Gasteiger partial charge on any atom is 0.201 e. The zero-order valence-electron chi connectivity index (χ0n) is 6.62. The molecule has 0 spiro atoms. The van der Waals surface area contributed by atoms with E-state index in [0.29, 0.717) is 5.69 Å². The Labute approximate surface area is 69.9 Å². The summed E-state index contributed by atoms with van der Waals surface area (Å²) in [5, 5.41) is 6.71. The van der Waals surface area contributed by atoms with Crippen LogP contribution in [0.2, 0.25) is 0 Å². The van der Waals surface area contributed by atoms with Crippen LogP contribution in [0.1, 0.15) is 23.3 Å². The maximum atomic E-state index is 11.5. The van der Waals surface area contributed by atoms with Gasteiger partial charge in [-0.25, -0.2) is 0 Å². The van der Waals surface area contributed by atoms with E-state index in [4.69, 9.17) is 0 Å². The first kappa shape index (κ1) is 7.49. The normalized spacial score (nSPS) is 22.8. The molecule has 0 bridgehead atoms. The molecule has 1 N–H and O–H groups in total. The van der Waals surface area contributed by atoms with Gasteiger partial charge in [0.05, 0.1) is 6.04 Å². The number of carbonyl (C=O) groups excluding carboxylic acids is 1. The molecule has 1 aliphatic rings. The molecule has 1 saturated heterocycles. The number of Topliss-reactive ketones (excluding diaryl/α,β-unsaturated/α-hetero) is 1. The lowest BCUT2D eigenvalue weighted by molar-refractivity contribution is 0.0943. The monoisotopic (exact) mass is 166 g/mol. The molecular formula is C8H10N2O2. The lowest BCUT2D eigenvalue weighted by Crippen LogP contribution is -2.30. The third kappa shape index (κ3) is 1.25. The number of hydrogen-bond donors (Lipinski definition) is 1. The molecule has 2 heterocycles. The van der Waals surface area contributed by atoms with Crippen molar-refractivity contribution >= 4 is 5.78 Å². The zero-order valence-corrected chi connectivity index (χ0v) is 6.62. The fourth-order valence-electron chi connectivity index (χ4n) is 1.43. The number of carbonyl (C=O) groups is 1. The quantitative estimate of drug-likeness (QED) is 0.654. The highest BCUT2D eigenvalue weighted by atomic mass is 16.5. The van der Waals surface area contributed by atoms with Crippen molar-refractivity contribution in [3.05, 3.63) is 18.0 Å². The molecule has 0 aromatic carbocycles. The van der Waals surface area contributed by atoms with Crippen LogP contribution in [0.4, 0.5) is 0 Å². The van der Waals surface area contributed by atoms with Gasteiger partial charge >= 0.3 is 0 Å². The van der Waals surface area contributed by atoms with E-state index in [1.54, 1.807) is 6.07 Å². The number of hydrogen-bond acceptors (Lipinski definition) is 4. The van der Waals surface area contributed by atoms with Crippen LogP contribution < -0.4 is 5.32 Å².